The van der Waals surface area contributed by atoms with Crippen molar-refractivity contribution >= 4 is 0 Å². The van der Waals surface area contributed by atoms with E-state index in [1.165, 1.54) is 11.1 Å². The molecule has 0 radical (unpaired) electrons. The van der Waals surface area contributed by atoms with Crippen molar-refractivity contribution in [1.82, 2.24) is 0 Å². The van der Waals surface area contributed by atoms with Crippen molar-refractivity contribution in [3.05, 3.63) is 65.7 Å². The highest BCUT2D eigenvalue weighted by molar-refractivity contribution is 5.38. The van der Waals surface area contributed by atoms with Gasteiger partial charge in [0, 0.05) is 0 Å². The predicted octanol–water partition coefficient (Wildman–Crippen LogP) is 3.84. The third kappa shape index (κ3) is 2.06. The van der Waals surface area contributed by atoms with Gasteiger partial charge in [0.15, 0.2) is 0 Å². The Bertz CT molecular complexity index is 605. The molecule has 1 saturated heterocycles. The quantitative estimate of drug-likeness (QED) is 0.850. The molecule has 1 saturated carbocycles. The van der Waals surface area contributed by atoms with Gasteiger partial charge in [0.05, 0.1) is 20.3 Å². The molecule has 2 aromatic carbocycles. The third-order valence-electron chi connectivity index (χ3n) is 5.17. The first kappa shape index (κ1) is 12.9. The van der Waals surface area contributed by atoms with Crippen LogP contribution >= 0.6 is 0 Å². The molecule has 1 heterocycles. The molecule has 2 fully saturated rings. The molecule has 1 aliphatic heterocycles. The molecule has 2 unspecified atom stereocenters. The Balaban J connectivity index is 1.68. The van der Waals surface area contributed by atoms with Crippen LogP contribution in [0.15, 0.2) is 54.6 Å². The molecular formula is C19H20O2. The minimum absolute atomic E-state index is 0.575. The first-order chi connectivity index (χ1) is 10.4. The fourth-order valence-corrected chi connectivity index (χ4v) is 4.12. The standard InChI is InChI=1S/C19H20O2/c1-20-15-9-7-14(8-10-15)19-17-12-21-11-16(17)18(19)13-5-3-2-4-6-13/h2-10,16-19H,11-12H2,1H3/t16-,17+,18?,19?/m1/s1. The van der Waals surface area contributed by atoms with Crippen LogP contribution in [0.25, 0.3) is 0 Å². The molecule has 21 heavy (non-hydrogen) atoms. The summed E-state index contributed by atoms with van der Waals surface area (Å²) in [4.78, 5) is 0. The zero-order valence-electron chi connectivity index (χ0n) is 12.2. The summed E-state index contributed by atoms with van der Waals surface area (Å²) in [6, 6.07) is 19.5. The van der Waals surface area contributed by atoms with Gasteiger partial charge in [-0.1, -0.05) is 42.5 Å². The van der Waals surface area contributed by atoms with Crippen molar-refractivity contribution in [3.8, 4) is 5.75 Å². The van der Waals surface area contributed by atoms with Gasteiger partial charge in [-0.25, -0.2) is 0 Å². The van der Waals surface area contributed by atoms with Gasteiger partial charge in [0.25, 0.3) is 0 Å². The molecule has 2 heteroatoms. The smallest absolute Gasteiger partial charge is 0.118 e. The summed E-state index contributed by atoms with van der Waals surface area (Å²) in [5, 5.41) is 0. The van der Waals surface area contributed by atoms with Crippen LogP contribution in [-0.2, 0) is 4.74 Å². The van der Waals surface area contributed by atoms with E-state index in [0.29, 0.717) is 23.7 Å². The number of hydrogen-bond acceptors (Lipinski definition) is 2. The lowest BCUT2D eigenvalue weighted by Gasteiger charge is -2.48. The minimum atomic E-state index is 0.575. The second-order valence-electron chi connectivity index (χ2n) is 6.10. The Morgan fingerprint density at radius 2 is 1.38 bits per heavy atom. The second-order valence-corrected chi connectivity index (χ2v) is 6.10. The zero-order chi connectivity index (χ0) is 14.2. The molecule has 0 spiro atoms. The number of methoxy groups -OCH3 is 1. The monoisotopic (exact) mass is 280 g/mol. The Labute approximate surface area is 125 Å². The van der Waals surface area contributed by atoms with Gasteiger partial charge in [-0.3, -0.25) is 0 Å². The number of benzene rings is 2. The molecule has 2 aliphatic rings. The average Bonchev–Trinajstić information content (AvgIpc) is 2.93. The lowest BCUT2D eigenvalue weighted by molar-refractivity contribution is 0.142. The largest absolute Gasteiger partial charge is 0.497 e. The first-order valence-electron chi connectivity index (χ1n) is 7.65. The lowest BCUT2D eigenvalue weighted by Crippen LogP contribution is -2.42. The fraction of sp³-hybridized carbons (Fsp3) is 0.368. The van der Waals surface area contributed by atoms with Crippen LogP contribution in [0.3, 0.4) is 0 Å². The molecule has 108 valence electrons. The van der Waals surface area contributed by atoms with Gasteiger partial charge in [-0.05, 0) is 46.9 Å². The van der Waals surface area contributed by atoms with E-state index in [-0.39, 0.29) is 0 Å². The highest BCUT2D eigenvalue weighted by Crippen LogP contribution is 2.60. The average molecular weight is 280 g/mol. The van der Waals surface area contributed by atoms with E-state index in [1.807, 2.05) is 0 Å². The van der Waals surface area contributed by atoms with E-state index in [4.69, 9.17) is 9.47 Å². The normalized spacial score (nSPS) is 30.5. The van der Waals surface area contributed by atoms with Gasteiger partial charge in [-0.2, -0.15) is 0 Å². The van der Waals surface area contributed by atoms with E-state index in [1.54, 1.807) is 7.11 Å². The van der Waals surface area contributed by atoms with Crippen LogP contribution in [0.5, 0.6) is 5.75 Å². The summed E-state index contributed by atoms with van der Waals surface area (Å²) in [6.45, 7) is 1.82. The van der Waals surface area contributed by atoms with E-state index in [2.05, 4.69) is 54.6 Å². The van der Waals surface area contributed by atoms with Gasteiger partial charge >= 0.3 is 0 Å². The molecular weight excluding hydrogens is 260 g/mol. The SMILES string of the molecule is COc1ccc(C2C(c3ccccc3)[C@@H]3COC[C@H]23)cc1. The minimum Gasteiger partial charge on any atom is -0.497 e. The maximum absolute atomic E-state index is 5.76. The molecule has 0 N–H and O–H groups in total. The second kappa shape index (κ2) is 5.19. The number of ether oxygens (including phenoxy) is 2. The highest BCUT2D eigenvalue weighted by atomic mass is 16.5. The van der Waals surface area contributed by atoms with Gasteiger partial charge in [0.1, 0.15) is 5.75 Å². The summed E-state index contributed by atoms with van der Waals surface area (Å²) >= 11 is 0. The van der Waals surface area contributed by atoms with Gasteiger partial charge in [0.2, 0.25) is 0 Å². The lowest BCUT2D eigenvalue weighted by atomic mass is 9.54. The zero-order valence-corrected chi connectivity index (χ0v) is 12.2. The number of fused-ring (bicyclic) bond motifs is 1. The van der Waals surface area contributed by atoms with Crippen LogP contribution in [0.4, 0.5) is 0 Å². The highest BCUT2D eigenvalue weighted by Gasteiger charge is 2.54. The first-order valence-corrected chi connectivity index (χ1v) is 7.65. The van der Waals surface area contributed by atoms with Crippen molar-refractivity contribution in [2.24, 2.45) is 11.8 Å². The molecule has 0 bridgehead atoms. The number of hydrogen-bond donors (Lipinski definition) is 0. The molecule has 2 aromatic rings. The molecule has 4 atom stereocenters. The molecule has 0 amide bonds. The van der Waals surface area contributed by atoms with E-state index in [9.17, 15) is 0 Å². The van der Waals surface area contributed by atoms with Crippen LogP contribution in [0.2, 0.25) is 0 Å². The Kier molecular flexibility index (Phi) is 3.19. The summed E-state index contributed by atoms with van der Waals surface area (Å²) in [5.41, 5.74) is 2.86. The summed E-state index contributed by atoms with van der Waals surface area (Å²) in [6.07, 6.45) is 0. The number of rotatable bonds is 3. The summed E-state index contributed by atoms with van der Waals surface area (Å²) in [7, 11) is 1.71. The predicted molar refractivity (Wildman–Crippen MR) is 82.7 cm³/mol. The van der Waals surface area contributed by atoms with Crippen LogP contribution < -0.4 is 4.74 Å². The topological polar surface area (TPSA) is 18.5 Å². The van der Waals surface area contributed by atoms with Crippen LogP contribution in [-0.4, -0.2) is 20.3 Å². The Hall–Kier alpha value is -1.80. The van der Waals surface area contributed by atoms with Crippen LogP contribution in [0.1, 0.15) is 23.0 Å². The molecule has 0 aromatic heterocycles. The van der Waals surface area contributed by atoms with Crippen molar-refractivity contribution in [1.29, 1.82) is 0 Å². The third-order valence-corrected chi connectivity index (χ3v) is 5.17. The van der Waals surface area contributed by atoms with Gasteiger partial charge in [-0.15, -0.1) is 0 Å². The Morgan fingerprint density at radius 1 is 0.810 bits per heavy atom. The maximum Gasteiger partial charge on any atom is 0.118 e. The maximum atomic E-state index is 5.76. The molecule has 4 rings (SSSR count). The van der Waals surface area contributed by atoms with Crippen molar-refractivity contribution in [2.45, 2.75) is 11.8 Å². The van der Waals surface area contributed by atoms with Gasteiger partial charge < -0.3 is 9.47 Å². The van der Waals surface area contributed by atoms with Crippen LogP contribution in [0, 0.1) is 11.8 Å². The summed E-state index contributed by atoms with van der Waals surface area (Å²) in [5.74, 6) is 3.44. The fourth-order valence-electron chi connectivity index (χ4n) is 4.12. The van der Waals surface area contributed by atoms with E-state index < -0.39 is 0 Å². The van der Waals surface area contributed by atoms with E-state index in [0.717, 1.165) is 19.0 Å². The molecule has 1 aliphatic carbocycles. The van der Waals surface area contributed by atoms with Crippen molar-refractivity contribution in [3.63, 3.8) is 0 Å². The Morgan fingerprint density at radius 3 is 1.95 bits per heavy atom. The van der Waals surface area contributed by atoms with Crippen molar-refractivity contribution < 1.29 is 9.47 Å². The molecule has 2 nitrogen and oxygen atoms in total. The summed E-state index contributed by atoms with van der Waals surface area (Å²) < 4.78 is 11.0. The van der Waals surface area contributed by atoms with E-state index >= 15 is 0 Å². The van der Waals surface area contributed by atoms with Crippen molar-refractivity contribution in [2.75, 3.05) is 20.3 Å².